The van der Waals surface area contributed by atoms with Crippen LogP contribution < -0.4 is 11.3 Å². The first kappa shape index (κ1) is 15.0. The Morgan fingerprint density at radius 3 is 2.63 bits per heavy atom. The van der Waals surface area contributed by atoms with Gasteiger partial charge in [0.15, 0.2) is 0 Å². The minimum atomic E-state index is 0.358. The summed E-state index contributed by atoms with van der Waals surface area (Å²) in [6.45, 7) is 2.14. The molecular formula is C14H25BrN4. The Labute approximate surface area is 124 Å². The smallest absolute Gasteiger partial charge is 0.0766 e. The number of nitrogens with zero attached hydrogens (tertiary/aromatic N) is 2. The third kappa shape index (κ3) is 3.38. The van der Waals surface area contributed by atoms with Gasteiger partial charge in [-0.1, -0.05) is 26.2 Å². The Morgan fingerprint density at radius 2 is 2.11 bits per heavy atom. The highest BCUT2D eigenvalue weighted by Gasteiger charge is 2.25. The summed E-state index contributed by atoms with van der Waals surface area (Å²) < 4.78 is 3.16. The first-order valence-corrected chi connectivity index (χ1v) is 8.13. The second-order valence-electron chi connectivity index (χ2n) is 5.56. The molecule has 1 atom stereocenters. The van der Waals surface area contributed by atoms with Crippen LogP contribution in [0, 0.1) is 5.92 Å². The molecule has 5 heteroatoms. The van der Waals surface area contributed by atoms with Crippen LogP contribution in [0.1, 0.15) is 50.4 Å². The van der Waals surface area contributed by atoms with E-state index >= 15 is 0 Å². The molecule has 1 fully saturated rings. The lowest BCUT2D eigenvalue weighted by atomic mass is 9.82. The number of nitrogens with two attached hydrogens (primary N) is 1. The fourth-order valence-corrected chi connectivity index (χ4v) is 3.93. The van der Waals surface area contributed by atoms with E-state index in [1.54, 1.807) is 0 Å². The van der Waals surface area contributed by atoms with Gasteiger partial charge in [0.05, 0.1) is 15.9 Å². The first-order chi connectivity index (χ1) is 9.17. The second kappa shape index (κ2) is 6.86. The monoisotopic (exact) mass is 328 g/mol. The minimum Gasteiger partial charge on any atom is -0.271 e. The summed E-state index contributed by atoms with van der Waals surface area (Å²) in [4.78, 5) is 0. The molecule has 0 aromatic carbocycles. The van der Waals surface area contributed by atoms with Crippen LogP contribution >= 0.6 is 15.9 Å². The average molecular weight is 329 g/mol. The Morgan fingerprint density at radius 1 is 1.42 bits per heavy atom. The molecule has 0 bridgehead atoms. The van der Waals surface area contributed by atoms with Gasteiger partial charge in [0.2, 0.25) is 0 Å². The Hall–Kier alpha value is -0.390. The molecule has 2 rings (SSSR count). The van der Waals surface area contributed by atoms with Crippen molar-refractivity contribution in [1.82, 2.24) is 15.2 Å². The van der Waals surface area contributed by atoms with Crippen molar-refractivity contribution in [2.75, 3.05) is 0 Å². The van der Waals surface area contributed by atoms with E-state index in [9.17, 15) is 0 Å². The van der Waals surface area contributed by atoms with Gasteiger partial charge in [-0.25, -0.2) is 0 Å². The maximum atomic E-state index is 5.80. The van der Waals surface area contributed by atoms with E-state index in [1.165, 1.54) is 37.8 Å². The maximum Gasteiger partial charge on any atom is 0.0766 e. The van der Waals surface area contributed by atoms with Gasteiger partial charge in [0.1, 0.15) is 0 Å². The van der Waals surface area contributed by atoms with Gasteiger partial charge < -0.3 is 0 Å². The summed E-state index contributed by atoms with van der Waals surface area (Å²) in [5.41, 5.74) is 5.43. The summed E-state index contributed by atoms with van der Waals surface area (Å²) in [5, 5.41) is 4.56. The molecule has 1 aromatic heterocycles. The summed E-state index contributed by atoms with van der Waals surface area (Å²) in [5.74, 6) is 6.50. The van der Waals surface area contributed by atoms with E-state index in [4.69, 9.17) is 5.84 Å². The first-order valence-electron chi connectivity index (χ1n) is 7.33. The molecule has 4 nitrogen and oxygen atoms in total. The summed E-state index contributed by atoms with van der Waals surface area (Å²) in [7, 11) is 2.02. The number of rotatable bonds is 5. The lowest BCUT2D eigenvalue weighted by Gasteiger charge is -2.29. The van der Waals surface area contributed by atoms with Crippen molar-refractivity contribution in [1.29, 1.82) is 0 Å². The molecular weight excluding hydrogens is 304 g/mol. The summed E-state index contributed by atoms with van der Waals surface area (Å²) in [6.07, 6.45) is 8.56. The molecule has 1 aromatic rings. The molecule has 3 N–H and O–H groups in total. The third-order valence-corrected chi connectivity index (χ3v) is 5.26. The van der Waals surface area contributed by atoms with Crippen molar-refractivity contribution < 1.29 is 0 Å². The van der Waals surface area contributed by atoms with E-state index in [1.807, 2.05) is 11.7 Å². The van der Waals surface area contributed by atoms with E-state index in [0.29, 0.717) is 12.0 Å². The van der Waals surface area contributed by atoms with Crippen molar-refractivity contribution in [3.05, 3.63) is 15.9 Å². The summed E-state index contributed by atoms with van der Waals surface area (Å²) >= 11 is 3.69. The van der Waals surface area contributed by atoms with Crippen molar-refractivity contribution in [3.63, 3.8) is 0 Å². The van der Waals surface area contributed by atoms with Crippen LogP contribution in [0.2, 0.25) is 0 Å². The van der Waals surface area contributed by atoms with E-state index < -0.39 is 0 Å². The van der Waals surface area contributed by atoms with Crippen LogP contribution in [0.15, 0.2) is 4.47 Å². The van der Waals surface area contributed by atoms with Crippen LogP contribution in [0.25, 0.3) is 0 Å². The van der Waals surface area contributed by atoms with Crippen LogP contribution in [0.4, 0.5) is 0 Å². The van der Waals surface area contributed by atoms with Gasteiger partial charge in [-0.2, -0.15) is 5.10 Å². The van der Waals surface area contributed by atoms with E-state index in [2.05, 4.69) is 33.4 Å². The van der Waals surface area contributed by atoms with E-state index in [0.717, 1.165) is 23.0 Å². The number of nitrogens with one attached hydrogen (secondary N) is 1. The molecule has 19 heavy (non-hydrogen) atoms. The highest BCUT2D eigenvalue weighted by molar-refractivity contribution is 9.10. The van der Waals surface area contributed by atoms with Gasteiger partial charge in [-0.15, -0.1) is 0 Å². The van der Waals surface area contributed by atoms with E-state index in [-0.39, 0.29) is 0 Å². The molecule has 0 saturated heterocycles. The number of halogens is 1. The van der Waals surface area contributed by atoms with Gasteiger partial charge in [0, 0.05) is 19.5 Å². The van der Waals surface area contributed by atoms with Crippen molar-refractivity contribution >= 4 is 15.9 Å². The highest BCUT2D eigenvalue weighted by atomic mass is 79.9. The predicted octanol–water partition coefficient (Wildman–Crippen LogP) is 2.70. The SMILES string of the molecule is CCc1nn(C)c(CC(NN)C2CCCCC2)c1Br. The Kier molecular flexibility index (Phi) is 5.42. The molecule has 1 unspecified atom stereocenters. The highest BCUT2D eigenvalue weighted by Crippen LogP contribution is 2.30. The molecule has 1 aliphatic carbocycles. The number of aromatic nitrogens is 2. The molecule has 1 aliphatic rings. The van der Waals surface area contributed by atoms with Crippen molar-refractivity contribution in [3.8, 4) is 0 Å². The average Bonchev–Trinajstić information content (AvgIpc) is 2.72. The zero-order valence-electron chi connectivity index (χ0n) is 12.0. The van der Waals surface area contributed by atoms with Crippen molar-refractivity contribution in [2.45, 2.75) is 57.9 Å². The fraction of sp³-hybridized carbons (Fsp3) is 0.786. The standard InChI is InChI=1S/C14H25BrN4/c1-3-11-14(15)13(19(2)18-11)9-12(17-16)10-7-5-4-6-8-10/h10,12,17H,3-9,16H2,1-2H3. The minimum absolute atomic E-state index is 0.358. The molecule has 1 heterocycles. The third-order valence-electron chi connectivity index (χ3n) is 4.35. The lowest BCUT2D eigenvalue weighted by molar-refractivity contribution is 0.266. The van der Waals surface area contributed by atoms with Gasteiger partial charge >= 0.3 is 0 Å². The lowest BCUT2D eigenvalue weighted by Crippen LogP contribution is -2.43. The van der Waals surface area contributed by atoms with Gasteiger partial charge in [0.25, 0.3) is 0 Å². The normalized spacial score (nSPS) is 18.7. The molecule has 0 spiro atoms. The number of hydrogen-bond donors (Lipinski definition) is 2. The van der Waals surface area contributed by atoms with Crippen molar-refractivity contribution in [2.24, 2.45) is 18.8 Å². The summed E-state index contributed by atoms with van der Waals surface area (Å²) in [6, 6.07) is 0.358. The molecule has 0 aliphatic heterocycles. The molecule has 0 amide bonds. The topological polar surface area (TPSA) is 55.9 Å². The maximum absolute atomic E-state index is 5.80. The van der Waals surface area contributed by atoms with Gasteiger partial charge in [-0.3, -0.25) is 16.0 Å². The number of aryl methyl sites for hydroxylation is 2. The van der Waals surface area contributed by atoms with Crippen LogP contribution in [-0.2, 0) is 19.9 Å². The quantitative estimate of drug-likeness (QED) is 0.645. The fourth-order valence-electron chi connectivity index (χ4n) is 3.15. The predicted molar refractivity (Wildman–Crippen MR) is 81.7 cm³/mol. The molecule has 108 valence electrons. The van der Waals surface area contributed by atoms with Crippen LogP contribution in [0.5, 0.6) is 0 Å². The Bertz CT molecular complexity index is 410. The second-order valence-corrected chi connectivity index (χ2v) is 6.35. The molecule has 1 saturated carbocycles. The molecule has 0 radical (unpaired) electrons. The number of hydrogen-bond acceptors (Lipinski definition) is 3. The van der Waals surface area contributed by atoms with Gasteiger partial charge in [-0.05, 0) is 41.1 Å². The Balaban J connectivity index is 2.11. The largest absolute Gasteiger partial charge is 0.271 e. The zero-order chi connectivity index (χ0) is 13.8. The zero-order valence-corrected chi connectivity index (χ0v) is 13.5. The van der Waals surface area contributed by atoms with Crippen LogP contribution in [0.3, 0.4) is 0 Å². The van der Waals surface area contributed by atoms with Crippen LogP contribution in [-0.4, -0.2) is 15.8 Å². The number of hydrazine groups is 1.